The van der Waals surface area contributed by atoms with Gasteiger partial charge >= 0.3 is 0 Å². The molecule has 0 radical (unpaired) electrons. The van der Waals surface area contributed by atoms with Crippen LogP contribution in [-0.2, 0) is 9.59 Å². The first kappa shape index (κ1) is 25.3. The fourth-order valence-corrected chi connectivity index (χ4v) is 4.98. The summed E-state index contributed by atoms with van der Waals surface area (Å²) in [5.74, 6) is 2.27. The number of likely N-dealkylation sites (tertiary alicyclic amines) is 1. The number of carbonyl (C=O) groups is 2. The highest BCUT2D eigenvalue weighted by atomic mass is 127. The summed E-state index contributed by atoms with van der Waals surface area (Å²) in [5.41, 5.74) is 0. The Labute approximate surface area is 212 Å². The number of halogens is 1. The van der Waals surface area contributed by atoms with Gasteiger partial charge in [0.05, 0.1) is 25.5 Å². The molecule has 2 N–H and O–H groups in total. The number of carbonyl (C=O) groups excluding carboxylic acids is 2. The molecule has 0 aromatic heterocycles. The van der Waals surface area contributed by atoms with Crippen molar-refractivity contribution in [3.8, 4) is 11.5 Å². The number of rotatable bonds is 9. The maximum Gasteiger partial charge on any atom is 0.233 e. The zero-order chi connectivity index (χ0) is 22.7. The lowest BCUT2D eigenvalue weighted by atomic mass is 9.85. The molecule has 5 atom stereocenters. The van der Waals surface area contributed by atoms with Crippen LogP contribution in [0, 0.1) is 23.7 Å². The van der Waals surface area contributed by atoms with Crippen molar-refractivity contribution < 1.29 is 19.1 Å². The number of allylic oxidation sites excluding steroid dienone is 2. The first-order chi connectivity index (χ1) is 15.5. The number of nitrogens with one attached hydrogen (secondary N) is 2. The summed E-state index contributed by atoms with van der Waals surface area (Å²) in [5, 5.41) is 6.43. The number of aliphatic imine (C=N–C) groups is 1. The molecule has 1 saturated carbocycles. The van der Waals surface area contributed by atoms with Crippen molar-refractivity contribution >= 4 is 41.8 Å². The third-order valence-corrected chi connectivity index (χ3v) is 6.42. The van der Waals surface area contributed by atoms with Crippen LogP contribution in [0.1, 0.15) is 20.3 Å². The summed E-state index contributed by atoms with van der Waals surface area (Å²) in [7, 11) is 1.62. The summed E-state index contributed by atoms with van der Waals surface area (Å²) in [4.78, 5) is 31.6. The van der Waals surface area contributed by atoms with E-state index in [9.17, 15) is 9.59 Å². The number of benzene rings is 1. The van der Waals surface area contributed by atoms with Crippen LogP contribution in [0.2, 0.25) is 0 Å². The molecule has 2 aliphatic carbocycles. The van der Waals surface area contributed by atoms with Crippen LogP contribution in [0.5, 0.6) is 11.5 Å². The van der Waals surface area contributed by atoms with E-state index in [1.165, 1.54) is 4.90 Å². The highest BCUT2D eigenvalue weighted by Crippen LogP contribution is 2.52. The van der Waals surface area contributed by atoms with Gasteiger partial charge in [0, 0.05) is 25.7 Å². The lowest BCUT2D eigenvalue weighted by Crippen LogP contribution is -2.44. The van der Waals surface area contributed by atoms with Crippen LogP contribution >= 0.6 is 24.0 Å². The number of methoxy groups -OCH3 is 1. The summed E-state index contributed by atoms with van der Waals surface area (Å²) >= 11 is 0. The van der Waals surface area contributed by atoms with Crippen LogP contribution in [0.4, 0.5) is 0 Å². The third-order valence-electron chi connectivity index (χ3n) is 6.42. The van der Waals surface area contributed by atoms with Gasteiger partial charge in [0.2, 0.25) is 11.8 Å². The summed E-state index contributed by atoms with van der Waals surface area (Å²) in [6, 6.07) is 7.47. The molecule has 1 saturated heterocycles. The van der Waals surface area contributed by atoms with Crippen molar-refractivity contribution in [2.45, 2.75) is 26.4 Å². The molecule has 1 aromatic rings. The minimum Gasteiger partial charge on any atom is -0.497 e. The number of ether oxygens (including phenoxy) is 2. The molecule has 1 aromatic carbocycles. The first-order valence-electron chi connectivity index (χ1n) is 11.4. The topological polar surface area (TPSA) is 92.3 Å². The van der Waals surface area contributed by atoms with Crippen LogP contribution in [0.15, 0.2) is 41.4 Å². The number of nitrogens with zero attached hydrogens (tertiary/aromatic N) is 2. The molecule has 8 nitrogen and oxygen atoms in total. The van der Waals surface area contributed by atoms with Crippen molar-refractivity contribution in [2.75, 3.05) is 33.3 Å². The maximum atomic E-state index is 12.8. The normalized spacial score (nSPS) is 26.2. The molecular formula is C24H33IN4O4. The molecule has 3 aliphatic rings. The standard InChI is InChI=1S/C24H32N4O4.HI/c1-4-25-24(27-14-15(2)32-19-7-5-6-18(13-19)31-3)26-10-11-28-22(29)20-16-8-9-17(12-16)21(20)23(28)30;/h5-9,13,15-17,20-21H,4,10-12,14H2,1-3H3,(H2,25,26,27);1H. The number of hydrogen-bond donors (Lipinski definition) is 2. The van der Waals surface area contributed by atoms with Gasteiger partial charge in [0.15, 0.2) is 5.96 Å². The number of guanidine groups is 1. The Kier molecular flexibility index (Phi) is 8.61. The Hall–Kier alpha value is -2.30. The van der Waals surface area contributed by atoms with E-state index in [-0.39, 0.29) is 65.6 Å². The highest BCUT2D eigenvalue weighted by Gasteiger charge is 2.58. The van der Waals surface area contributed by atoms with E-state index in [0.29, 0.717) is 32.1 Å². The van der Waals surface area contributed by atoms with Gasteiger partial charge in [-0.2, -0.15) is 0 Å². The molecule has 1 aliphatic heterocycles. The Bertz CT molecular complexity index is 891. The molecule has 1 heterocycles. The van der Waals surface area contributed by atoms with Gasteiger partial charge in [-0.1, -0.05) is 18.2 Å². The van der Waals surface area contributed by atoms with Crippen molar-refractivity contribution in [1.82, 2.24) is 15.5 Å². The maximum absolute atomic E-state index is 12.8. The number of fused-ring (bicyclic) bond motifs is 5. The Morgan fingerprint density at radius 3 is 2.45 bits per heavy atom. The lowest BCUT2D eigenvalue weighted by molar-refractivity contribution is -0.140. The van der Waals surface area contributed by atoms with E-state index in [2.05, 4.69) is 27.8 Å². The van der Waals surface area contributed by atoms with Crippen LogP contribution in [-0.4, -0.2) is 62.1 Å². The predicted octanol–water partition coefficient (Wildman–Crippen LogP) is 2.44. The van der Waals surface area contributed by atoms with Gasteiger partial charge in [0.1, 0.15) is 17.6 Å². The van der Waals surface area contributed by atoms with E-state index >= 15 is 0 Å². The minimum absolute atomic E-state index is 0. The Morgan fingerprint density at radius 1 is 1.15 bits per heavy atom. The second-order valence-corrected chi connectivity index (χ2v) is 8.58. The second kappa shape index (κ2) is 11.2. The third kappa shape index (κ3) is 5.44. The zero-order valence-electron chi connectivity index (χ0n) is 19.3. The number of hydrogen-bond acceptors (Lipinski definition) is 5. The lowest BCUT2D eigenvalue weighted by Gasteiger charge is -2.19. The molecule has 2 amide bonds. The van der Waals surface area contributed by atoms with Gasteiger partial charge in [-0.25, -0.2) is 4.99 Å². The zero-order valence-corrected chi connectivity index (χ0v) is 21.7. The van der Waals surface area contributed by atoms with Crippen molar-refractivity contribution in [2.24, 2.45) is 28.7 Å². The van der Waals surface area contributed by atoms with E-state index in [1.807, 2.05) is 38.1 Å². The van der Waals surface area contributed by atoms with Gasteiger partial charge in [0.25, 0.3) is 0 Å². The molecule has 5 unspecified atom stereocenters. The predicted molar refractivity (Wildman–Crippen MR) is 137 cm³/mol. The summed E-state index contributed by atoms with van der Waals surface area (Å²) in [6.07, 6.45) is 5.04. The highest BCUT2D eigenvalue weighted by molar-refractivity contribution is 14.0. The summed E-state index contributed by atoms with van der Waals surface area (Å²) < 4.78 is 11.1. The van der Waals surface area contributed by atoms with E-state index in [1.54, 1.807) is 7.11 Å². The molecule has 2 bridgehead atoms. The molecule has 4 rings (SSSR count). The number of amides is 2. The molecule has 33 heavy (non-hydrogen) atoms. The fourth-order valence-electron chi connectivity index (χ4n) is 4.98. The van der Waals surface area contributed by atoms with Gasteiger partial charge in [-0.3, -0.25) is 14.5 Å². The van der Waals surface area contributed by atoms with Crippen LogP contribution in [0.25, 0.3) is 0 Å². The fraction of sp³-hybridized carbons (Fsp3) is 0.542. The van der Waals surface area contributed by atoms with Crippen molar-refractivity contribution in [3.05, 3.63) is 36.4 Å². The smallest absolute Gasteiger partial charge is 0.233 e. The molecule has 9 heteroatoms. The SMILES string of the molecule is CCNC(=NCC(C)Oc1cccc(OC)c1)NCCN1C(=O)C2C3C=CC(C3)C2C1=O.I. The molecule has 0 spiro atoms. The monoisotopic (exact) mass is 568 g/mol. The van der Waals surface area contributed by atoms with Gasteiger partial charge in [-0.15, -0.1) is 24.0 Å². The Balaban J connectivity index is 0.00000306. The average molecular weight is 568 g/mol. The van der Waals surface area contributed by atoms with E-state index < -0.39 is 0 Å². The second-order valence-electron chi connectivity index (χ2n) is 8.58. The molecule has 2 fully saturated rings. The summed E-state index contributed by atoms with van der Waals surface area (Å²) in [6.45, 7) is 5.91. The minimum atomic E-state index is -0.144. The first-order valence-corrected chi connectivity index (χ1v) is 11.4. The van der Waals surface area contributed by atoms with Crippen LogP contribution in [0.3, 0.4) is 0 Å². The largest absolute Gasteiger partial charge is 0.497 e. The van der Waals surface area contributed by atoms with Crippen LogP contribution < -0.4 is 20.1 Å². The Morgan fingerprint density at radius 2 is 1.82 bits per heavy atom. The van der Waals surface area contributed by atoms with E-state index in [0.717, 1.165) is 17.9 Å². The van der Waals surface area contributed by atoms with Gasteiger partial charge < -0.3 is 20.1 Å². The molecular weight excluding hydrogens is 535 g/mol. The van der Waals surface area contributed by atoms with Crippen molar-refractivity contribution in [1.29, 1.82) is 0 Å². The van der Waals surface area contributed by atoms with E-state index in [4.69, 9.17) is 9.47 Å². The van der Waals surface area contributed by atoms with Gasteiger partial charge in [-0.05, 0) is 44.2 Å². The quantitative estimate of drug-likeness (QED) is 0.156. The molecule has 180 valence electrons. The van der Waals surface area contributed by atoms with Crippen molar-refractivity contribution in [3.63, 3.8) is 0 Å². The number of imide groups is 1. The average Bonchev–Trinajstić information content (AvgIpc) is 3.47.